The Morgan fingerprint density at radius 1 is 1.31 bits per heavy atom. The van der Waals surface area contributed by atoms with E-state index in [2.05, 4.69) is 5.32 Å². The smallest absolute Gasteiger partial charge is 0.286 e. The zero-order valence-corrected chi connectivity index (χ0v) is 15.2. The van der Waals surface area contributed by atoms with E-state index < -0.39 is 4.92 Å². The number of piperidine rings is 1. The number of rotatable bonds is 5. The van der Waals surface area contributed by atoms with Crippen LogP contribution in [0.2, 0.25) is 0 Å². The monoisotopic (exact) mass is 363 g/mol. The molecule has 2 aliphatic heterocycles. The number of amides is 1. The Balaban J connectivity index is 1.85. The molecular weight excluding hydrogens is 338 g/mol. The number of methoxy groups -OCH3 is 1. The second-order valence-electron chi connectivity index (χ2n) is 6.93. The van der Waals surface area contributed by atoms with Crippen LogP contribution in [0.1, 0.15) is 36.5 Å². The Kier molecular flexibility index (Phi) is 5.31. The fourth-order valence-electron chi connectivity index (χ4n) is 3.88. The summed E-state index contributed by atoms with van der Waals surface area (Å²) >= 11 is 0. The first-order chi connectivity index (χ1) is 12.5. The highest BCUT2D eigenvalue weighted by molar-refractivity contribution is 5.99. The number of hydrogen-bond acceptors (Lipinski definition) is 6. The van der Waals surface area contributed by atoms with E-state index >= 15 is 0 Å². The molecule has 8 heteroatoms. The van der Waals surface area contributed by atoms with Crippen molar-refractivity contribution in [1.29, 1.82) is 0 Å². The highest BCUT2D eigenvalue weighted by atomic mass is 16.6. The second-order valence-corrected chi connectivity index (χ2v) is 6.93. The Labute approximate surface area is 152 Å². The van der Waals surface area contributed by atoms with Crippen molar-refractivity contribution in [2.75, 3.05) is 39.9 Å². The number of nitro groups is 1. The molecule has 26 heavy (non-hydrogen) atoms. The summed E-state index contributed by atoms with van der Waals surface area (Å²) in [5.74, 6) is 0.281. The molecule has 0 saturated carbocycles. The van der Waals surface area contributed by atoms with Crippen LogP contribution in [0.5, 0.6) is 11.5 Å². The fraction of sp³-hybridized carbons (Fsp3) is 0.611. The van der Waals surface area contributed by atoms with Crippen molar-refractivity contribution in [2.24, 2.45) is 5.41 Å². The van der Waals surface area contributed by atoms with Crippen molar-refractivity contribution in [3.8, 4) is 11.5 Å². The van der Waals surface area contributed by atoms with E-state index in [-0.39, 0.29) is 28.3 Å². The van der Waals surface area contributed by atoms with Crippen molar-refractivity contribution in [2.45, 2.75) is 26.2 Å². The van der Waals surface area contributed by atoms with Gasteiger partial charge in [0.1, 0.15) is 5.56 Å². The summed E-state index contributed by atoms with van der Waals surface area (Å²) < 4.78 is 10.7. The van der Waals surface area contributed by atoms with Crippen LogP contribution in [0, 0.1) is 15.5 Å². The molecule has 1 aromatic carbocycles. The molecule has 8 nitrogen and oxygen atoms in total. The first-order valence-corrected chi connectivity index (χ1v) is 8.99. The quantitative estimate of drug-likeness (QED) is 0.637. The summed E-state index contributed by atoms with van der Waals surface area (Å²) in [4.78, 5) is 25.6. The lowest BCUT2D eigenvalue weighted by Crippen LogP contribution is -2.44. The third kappa shape index (κ3) is 3.46. The number of nitrogens with zero attached hydrogens (tertiary/aromatic N) is 2. The van der Waals surface area contributed by atoms with Crippen LogP contribution in [0.15, 0.2) is 12.1 Å². The summed E-state index contributed by atoms with van der Waals surface area (Å²) in [6, 6.07) is 2.70. The van der Waals surface area contributed by atoms with Gasteiger partial charge in [0.15, 0.2) is 11.5 Å². The lowest BCUT2D eigenvalue weighted by molar-refractivity contribution is -0.385. The highest BCUT2D eigenvalue weighted by Crippen LogP contribution is 2.39. The summed E-state index contributed by atoms with van der Waals surface area (Å²) in [5.41, 5.74) is 0.0805. The number of hydrogen-bond donors (Lipinski definition) is 1. The molecular formula is C18H25N3O5. The molecule has 0 bridgehead atoms. The van der Waals surface area contributed by atoms with Gasteiger partial charge in [0.2, 0.25) is 0 Å². The van der Waals surface area contributed by atoms with E-state index in [0.717, 1.165) is 32.4 Å². The standard InChI is InChI=1S/C18H25N3O5/c1-3-26-16-10-13(14(21(23)24)11-15(16)25-2)17(22)20-8-5-18(6-9-20)4-7-19-12-18/h10-11,19H,3-9,12H2,1-2H3. The Morgan fingerprint density at radius 3 is 2.58 bits per heavy atom. The summed E-state index contributed by atoms with van der Waals surface area (Å²) in [7, 11) is 1.42. The maximum atomic E-state index is 13.0. The van der Waals surface area contributed by atoms with Gasteiger partial charge in [0.05, 0.1) is 24.7 Å². The van der Waals surface area contributed by atoms with Crippen LogP contribution in [0.25, 0.3) is 0 Å². The molecule has 0 aromatic heterocycles. The predicted octanol–water partition coefficient (Wildman–Crippen LogP) is 2.22. The van der Waals surface area contributed by atoms with Gasteiger partial charge in [-0.2, -0.15) is 0 Å². The van der Waals surface area contributed by atoms with Crippen molar-refractivity contribution < 1.29 is 19.2 Å². The average Bonchev–Trinajstić information content (AvgIpc) is 3.09. The Morgan fingerprint density at radius 2 is 2.04 bits per heavy atom. The average molecular weight is 363 g/mol. The third-order valence-corrected chi connectivity index (χ3v) is 5.45. The van der Waals surface area contributed by atoms with Gasteiger partial charge in [-0.1, -0.05) is 0 Å². The molecule has 0 radical (unpaired) electrons. The van der Waals surface area contributed by atoms with E-state index in [1.54, 1.807) is 4.90 Å². The minimum atomic E-state index is -0.544. The third-order valence-electron chi connectivity index (χ3n) is 5.45. The van der Waals surface area contributed by atoms with Crippen LogP contribution >= 0.6 is 0 Å². The zero-order chi connectivity index (χ0) is 18.7. The van der Waals surface area contributed by atoms with Gasteiger partial charge in [-0.3, -0.25) is 14.9 Å². The lowest BCUT2D eigenvalue weighted by Gasteiger charge is -2.38. The van der Waals surface area contributed by atoms with Gasteiger partial charge in [-0.25, -0.2) is 0 Å². The van der Waals surface area contributed by atoms with Gasteiger partial charge in [-0.15, -0.1) is 0 Å². The van der Waals surface area contributed by atoms with Gasteiger partial charge in [0, 0.05) is 25.7 Å². The number of benzene rings is 1. The number of carbonyl (C=O) groups is 1. The van der Waals surface area contributed by atoms with Crippen LogP contribution in [0.3, 0.4) is 0 Å². The molecule has 1 N–H and O–H groups in total. The summed E-state index contributed by atoms with van der Waals surface area (Å²) in [5, 5.41) is 14.9. The van der Waals surface area contributed by atoms with Gasteiger partial charge in [-0.05, 0) is 38.1 Å². The molecule has 142 valence electrons. The van der Waals surface area contributed by atoms with E-state index in [1.165, 1.54) is 19.2 Å². The molecule has 2 aliphatic rings. The minimum absolute atomic E-state index is 0.0553. The first kappa shape index (κ1) is 18.4. The van der Waals surface area contributed by atoms with Crippen molar-refractivity contribution in [3.63, 3.8) is 0 Å². The van der Waals surface area contributed by atoms with Crippen LogP contribution in [0.4, 0.5) is 5.69 Å². The maximum Gasteiger partial charge on any atom is 0.286 e. The number of carbonyl (C=O) groups excluding carboxylic acids is 1. The van der Waals surface area contributed by atoms with Gasteiger partial charge in [0.25, 0.3) is 11.6 Å². The Hall–Kier alpha value is -2.35. The first-order valence-electron chi connectivity index (χ1n) is 8.99. The van der Waals surface area contributed by atoms with E-state index in [0.29, 0.717) is 25.4 Å². The van der Waals surface area contributed by atoms with E-state index in [9.17, 15) is 14.9 Å². The van der Waals surface area contributed by atoms with Crippen molar-refractivity contribution in [1.82, 2.24) is 10.2 Å². The predicted molar refractivity (Wildman–Crippen MR) is 95.9 cm³/mol. The largest absolute Gasteiger partial charge is 0.493 e. The summed E-state index contributed by atoms with van der Waals surface area (Å²) in [6.45, 7) is 5.44. The van der Waals surface area contributed by atoms with Crippen LogP contribution < -0.4 is 14.8 Å². The second kappa shape index (κ2) is 7.49. The SMILES string of the molecule is CCOc1cc(C(=O)N2CCC3(CCNC3)CC2)c([N+](=O)[O-])cc1OC. The zero-order valence-electron chi connectivity index (χ0n) is 15.2. The number of ether oxygens (including phenoxy) is 2. The number of nitrogens with one attached hydrogen (secondary N) is 1. The fourth-order valence-corrected chi connectivity index (χ4v) is 3.88. The number of likely N-dealkylation sites (tertiary alicyclic amines) is 1. The van der Waals surface area contributed by atoms with Gasteiger partial charge < -0.3 is 19.7 Å². The highest BCUT2D eigenvalue weighted by Gasteiger charge is 2.39. The molecule has 0 unspecified atom stereocenters. The van der Waals surface area contributed by atoms with Crippen molar-refractivity contribution in [3.05, 3.63) is 27.8 Å². The molecule has 3 rings (SSSR count). The van der Waals surface area contributed by atoms with E-state index in [4.69, 9.17) is 9.47 Å². The molecule has 2 heterocycles. The molecule has 1 aromatic rings. The molecule has 1 amide bonds. The normalized spacial score (nSPS) is 18.8. The number of nitro benzene ring substituents is 1. The molecule has 0 aliphatic carbocycles. The topological polar surface area (TPSA) is 93.9 Å². The molecule has 2 fully saturated rings. The molecule has 1 spiro atoms. The Bertz CT molecular complexity index is 690. The van der Waals surface area contributed by atoms with E-state index in [1.807, 2.05) is 6.92 Å². The van der Waals surface area contributed by atoms with Gasteiger partial charge >= 0.3 is 0 Å². The summed E-state index contributed by atoms with van der Waals surface area (Å²) in [6.07, 6.45) is 2.98. The molecule has 0 atom stereocenters. The lowest BCUT2D eigenvalue weighted by atomic mass is 9.78. The van der Waals surface area contributed by atoms with Crippen molar-refractivity contribution >= 4 is 11.6 Å². The molecule has 2 saturated heterocycles. The van der Waals surface area contributed by atoms with Crippen LogP contribution in [-0.2, 0) is 0 Å². The minimum Gasteiger partial charge on any atom is -0.493 e. The van der Waals surface area contributed by atoms with Crippen LogP contribution in [-0.4, -0.2) is 55.6 Å². The maximum absolute atomic E-state index is 13.0.